The Hall–Kier alpha value is -0.243. The van der Waals surface area contributed by atoms with Gasteiger partial charge in [0.2, 0.25) is 0 Å². The Morgan fingerprint density at radius 2 is 1.10 bits per heavy atom. The molecule has 2 rings (SSSR count). The first-order chi connectivity index (χ1) is 9.73. The molecule has 116 valence electrons. The quantitative estimate of drug-likeness (QED) is 0.492. The minimum absolute atomic E-state index is 0.211. The van der Waals surface area contributed by atoms with Crippen molar-refractivity contribution in [1.82, 2.24) is 0 Å². The summed E-state index contributed by atoms with van der Waals surface area (Å²) in [7, 11) is -0.590. The van der Waals surface area contributed by atoms with E-state index in [4.69, 9.17) is 23.2 Å². The molecule has 4 unspecified atom stereocenters. The maximum Gasteiger partial charge on any atom is 0.0654 e. The van der Waals surface area contributed by atoms with Crippen molar-refractivity contribution in [2.24, 2.45) is 11.8 Å². The van der Waals surface area contributed by atoms with Crippen LogP contribution in [-0.2, 0) is 0 Å². The number of allylic oxidation sites excluding steroid dienone is 8. The van der Waals surface area contributed by atoms with Crippen molar-refractivity contribution in [1.29, 1.82) is 0 Å². The summed E-state index contributed by atoms with van der Waals surface area (Å²) in [6.07, 6.45) is 4.56. The summed E-state index contributed by atoms with van der Waals surface area (Å²) in [5.74, 6) is 0.825. The van der Waals surface area contributed by atoms with Crippen LogP contribution in [0.3, 0.4) is 0 Å². The van der Waals surface area contributed by atoms with E-state index in [2.05, 4.69) is 53.7 Å². The van der Waals surface area contributed by atoms with Crippen molar-refractivity contribution in [3.8, 4) is 0 Å². The molecule has 0 bridgehead atoms. The minimum Gasteiger partial charge on any atom is -0.126 e. The van der Waals surface area contributed by atoms with Crippen molar-refractivity contribution in [3.63, 3.8) is 0 Å². The van der Waals surface area contributed by atoms with Gasteiger partial charge < -0.3 is 0 Å². The zero-order chi connectivity index (χ0) is 15.9. The lowest BCUT2D eigenvalue weighted by molar-refractivity contribution is 0.744. The third-order valence-electron chi connectivity index (χ3n) is 5.22. The van der Waals surface area contributed by atoms with E-state index in [-0.39, 0.29) is 10.0 Å². The molecular weight excluding hydrogens is 315 g/mol. The van der Waals surface area contributed by atoms with Crippen LogP contribution >= 0.6 is 23.2 Å². The van der Waals surface area contributed by atoms with Crippen LogP contribution in [0.2, 0.25) is 0 Å². The smallest absolute Gasteiger partial charge is 0.0654 e. The first-order valence-corrected chi connectivity index (χ1v) is 10.2. The Kier molecular flexibility index (Phi) is 5.28. The standard InChI is InChI=1S/C18H26Cl2Si/c1-9-7-11(3)15(13(9)5)17(19)21-18(20)16-12(4)8-10(2)14(16)6/h7-8,15-18H,21H2,1-6H3. The Balaban J connectivity index is 2.09. The molecule has 0 radical (unpaired) electrons. The van der Waals surface area contributed by atoms with Gasteiger partial charge in [-0.2, -0.15) is 0 Å². The average Bonchev–Trinajstić information content (AvgIpc) is 2.76. The second-order valence-electron chi connectivity index (χ2n) is 6.73. The second kappa shape index (κ2) is 6.48. The van der Waals surface area contributed by atoms with E-state index < -0.39 is 9.52 Å². The zero-order valence-corrected chi connectivity index (χ0v) is 16.9. The lowest BCUT2D eigenvalue weighted by atomic mass is 9.99. The summed E-state index contributed by atoms with van der Waals surface area (Å²) in [6.45, 7) is 13.2. The van der Waals surface area contributed by atoms with Crippen LogP contribution < -0.4 is 0 Å². The van der Waals surface area contributed by atoms with Gasteiger partial charge >= 0.3 is 0 Å². The van der Waals surface area contributed by atoms with Gasteiger partial charge in [-0.3, -0.25) is 0 Å². The second-order valence-corrected chi connectivity index (χ2v) is 11.1. The van der Waals surface area contributed by atoms with Crippen LogP contribution in [0.15, 0.2) is 45.6 Å². The molecule has 0 heterocycles. The number of hydrogen-bond acceptors (Lipinski definition) is 0. The van der Waals surface area contributed by atoms with Gasteiger partial charge in [-0.25, -0.2) is 0 Å². The van der Waals surface area contributed by atoms with Gasteiger partial charge in [0.1, 0.15) is 0 Å². The van der Waals surface area contributed by atoms with E-state index >= 15 is 0 Å². The molecule has 21 heavy (non-hydrogen) atoms. The predicted octanol–water partition coefficient (Wildman–Crippen LogP) is 5.11. The summed E-state index contributed by atoms with van der Waals surface area (Å²) in [6, 6.07) is 0. The molecule has 2 aliphatic carbocycles. The molecule has 0 spiro atoms. The van der Waals surface area contributed by atoms with Crippen LogP contribution in [0.5, 0.6) is 0 Å². The molecule has 0 amide bonds. The lowest BCUT2D eigenvalue weighted by Gasteiger charge is -2.27. The van der Waals surface area contributed by atoms with E-state index in [0.29, 0.717) is 11.8 Å². The molecule has 0 saturated carbocycles. The van der Waals surface area contributed by atoms with E-state index in [0.717, 1.165) is 0 Å². The van der Waals surface area contributed by atoms with E-state index in [9.17, 15) is 0 Å². The fourth-order valence-electron chi connectivity index (χ4n) is 3.86. The Bertz CT molecular complexity index is 516. The molecule has 3 heteroatoms. The van der Waals surface area contributed by atoms with Crippen molar-refractivity contribution >= 4 is 32.7 Å². The minimum atomic E-state index is -0.590. The highest BCUT2D eigenvalue weighted by Crippen LogP contribution is 2.39. The van der Waals surface area contributed by atoms with E-state index in [1.54, 1.807) is 0 Å². The number of alkyl halides is 2. The normalized spacial score (nSPS) is 29.5. The van der Waals surface area contributed by atoms with E-state index in [1.807, 2.05) is 0 Å². The third kappa shape index (κ3) is 3.25. The summed E-state index contributed by atoms with van der Waals surface area (Å²) >= 11 is 13.6. The highest BCUT2D eigenvalue weighted by Gasteiger charge is 2.34. The highest BCUT2D eigenvalue weighted by atomic mass is 35.5. The van der Waals surface area contributed by atoms with Crippen LogP contribution in [0.4, 0.5) is 0 Å². The van der Waals surface area contributed by atoms with Gasteiger partial charge in [0.15, 0.2) is 0 Å². The summed E-state index contributed by atoms with van der Waals surface area (Å²) in [5.41, 5.74) is 8.45. The van der Waals surface area contributed by atoms with Gasteiger partial charge in [-0.1, -0.05) is 45.6 Å². The molecule has 0 aromatic carbocycles. The predicted molar refractivity (Wildman–Crippen MR) is 99.1 cm³/mol. The molecule has 0 fully saturated rings. The van der Waals surface area contributed by atoms with Crippen molar-refractivity contribution in [2.75, 3.05) is 0 Å². The van der Waals surface area contributed by atoms with Gasteiger partial charge in [0.05, 0.1) is 9.52 Å². The van der Waals surface area contributed by atoms with Gasteiger partial charge in [-0.15, -0.1) is 23.2 Å². The molecule has 0 aromatic heterocycles. The zero-order valence-electron chi connectivity index (χ0n) is 13.9. The monoisotopic (exact) mass is 340 g/mol. The molecule has 0 saturated heterocycles. The molecule has 0 N–H and O–H groups in total. The Labute approximate surface area is 141 Å². The maximum atomic E-state index is 6.81. The van der Waals surface area contributed by atoms with Crippen LogP contribution in [-0.4, -0.2) is 19.5 Å². The summed E-state index contributed by atoms with van der Waals surface area (Å²) in [5, 5.41) is 0.422. The largest absolute Gasteiger partial charge is 0.126 e. The Morgan fingerprint density at radius 3 is 1.33 bits per heavy atom. The average molecular weight is 341 g/mol. The first-order valence-electron chi connectivity index (χ1n) is 7.73. The summed E-state index contributed by atoms with van der Waals surface area (Å²) < 4.78 is 0. The summed E-state index contributed by atoms with van der Waals surface area (Å²) in [4.78, 5) is 0. The van der Waals surface area contributed by atoms with Crippen molar-refractivity contribution in [3.05, 3.63) is 45.6 Å². The maximum absolute atomic E-state index is 6.81. The van der Waals surface area contributed by atoms with Crippen molar-refractivity contribution < 1.29 is 0 Å². The topological polar surface area (TPSA) is 0 Å². The molecule has 0 nitrogen and oxygen atoms in total. The van der Waals surface area contributed by atoms with Gasteiger partial charge in [0, 0.05) is 21.8 Å². The molecule has 2 aliphatic rings. The fraction of sp³-hybridized carbons (Fsp3) is 0.556. The van der Waals surface area contributed by atoms with Crippen LogP contribution in [0.25, 0.3) is 0 Å². The van der Waals surface area contributed by atoms with Crippen LogP contribution in [0, 0.1) is 11.8 Å². The lowest BCUT2D eigenvalue weighted by Crippen LogP contribution is -2.33. The number of halogens is 2. The number of hydrogen-bond donors (Lipinski definition) is 0. The Morgan fingerprint density at radius 1 is 0.762 bits per heavy atom. The number of rotatable bonds is 4. The molecule has 0 aliphatic heterocycles. The molecular formula is C18H26Cl2Si. The van der Waals surface area contributed by atoms with E-state index in [1.165, 1.54) is 33.4 Å². The third-order valence-corrected chi connectivity index (χ3v) is 8.64. The van der Waals surface area contributed by atoms with Crippen LogP contribution in [0.1, 0.15) is 41.5 Å². The highest BCUT2D eigenvalue weighted by molar-refractivity contribution is 6.63. The SMILES string of the molecule is CC1=CC(C)=C(C)C1C(Cl)[SiH2]C(Cl)C1C(C)=CC(C)=C1C. The van der Waals surface area contributed by atoms with Crippen molar-refractivity contribution in [2.45, 2.75) is 51.5 Å². The van der Waals surface area contributed by atoms with Gasteiger partial charge in [-0.05, 0) is 41.5 Å². The molecule has 0 aromatic rings. The van der Waals surface area contributed by atoms with Gasteiger partial charge in [0.25, 0.3) is 0 Å². The molecule has 4 atom stereocenters. The fourth-order valence-corrected chi connectivity index (χ4v) is 8.49. The first kappa shape index (κ1) is 17.1.